The van der Waals surface area contributed by atoms with Gasteiger partial charge in [-0.25, -0.2) is 0 Å². The quantitative estimate of drug-likeness (QED) is 0.323. The molecule has 1 aliphatic heterocycles. The highest BCUT2D eigenvalue weighted by atomic mass is 16.3. The van der Waals surface area contributed by atoms with E-state index in [1.165, 1.54) is 0 Å². The van der Waals surface area contributed by atoms with Crippen LogP contribution in [-0.4, -0.2) is 83.0 Å². The number of hydrogen-bond donors (Lipinski definition) is 3. The van der Waals surface area contributed by atoms with Gasteiger partial charge in [-0.1, -0.05) is 70.5 Å². The zero-order chi connectivity index (χ0) is 30.0. The van der Waals surface area contributed by atoms with Crippen molar-refractivity contribution in [1.29, 1.82) is 0 Å². The number of piperidine rings is 1. The third kappa shape index (κ3) is 9.44. The summed E-state index contributed by atoms with van der Waals surface area (Å²) in [6.07, 6.45) is 5.22. The molecule has 0 saturated carbocycles. The van der Waals surface area contributed by atoms with Crippen molar-refractivity contribution >= 4 is 17.7 Å². The molecule has 8 heteroatoms. The highest BCUT2D eigenvalue weighted by Gasteiger charge is 2.36. The van der Waals surface area contributed by atoms with Gasteiger partial charge >= 0.3 is 0 Å². The van der Waals surface area contributed by atoms with Crippen LogP contribution < -0.4 is 10.6 Å². The fourth-order valence-corrected chi connectivity index (χ4v) is 5.43. The van der Waals surface area contributed by atoms with Crippen LogP contribution in [0.25, 0.3) is 0 Å². The van der Waals surface area contributed by atoms with Crippen LogP contribution in [0.15, 0.2) is 42.0 Å². The Bertz CT molecular complexity index is 992. The monoisotopic (exact) mass is 556 g/mol. The van der Waals surface area contributed by atoms with Crippen molar-refractivity contribution in [3.05, 3.63) is 47.5 Å². The zero-order valence-corrected chi connectivity index (χ0v) is 25.8. The number of benzene rings is 1. The first-order valence-electron chi connectivity index (χ1n) is 14.8. The van der Waals surface area contributed by atoms with E-state index in [0.29, 0.717) is 12.0 Å². The minimum atomic E-state index is -0.665. The maximum atomic E-state index is 13.8. The normalized spacial score (nSPS) is 18.9. The van der Waals surface area contributed by atoms with Gasteiger partial charge in [0.2, 0.25) is 17.7 Å². The van der Waals surface area contributed by atoms with Crippen LogP contribution in [0, 0.1) is 11.8 Å². The summed E-state index contributed by atoms with van der Waals surface area (Å²) < 4.78 is 0. The minimum absolute atomic E-state index is 0.0351. The second-order valence-corrected chi connectivity index (χ2v) is 12.1. The Morgan fingerprint density at radius 1 is 1.02 bits per heavy atom. The molecule has 40 heavy (non-hydrogen) atoms. The second kappa shape index (κ2) is 15.9. The Morgan fingerprint density at radius 3 is 2.23 bits per heavy atom. The van der Waals surface area contributed by atoms with E-state index in [0.717, 1.165) is 31.4 Å². The number of nitrogens with zero attached hydrogens (tertiary/aromatic N) is 2. The number of amides is 3. The summed E-state index contributed by atoms with van der Waals surface area (Å²) in [6, 6.07) is 8.32. The molecule has 0 radical (unpaired) electrons. The first-order valence-corrected chi connectivity index (χ1v) is 14.8. The number of carbonyl (C=O) groups excluding carboxylic acids is 3. The largest absolute Gasteiger partial charge is 0.394 e. The van der Waals surface area contributed by atoms with Crippen LogP contribution in [0.2, 0.25) is 0 Å². The number of nitrogens with one attached hydrogen (secondary N) is 2. The fourth-order valence-electron chi connectivity index (χ4n) is 5.43. The highest BCUT2D eigenvalue weighted by Crippen LogP contribution is 2.21. The molecular formula is C32H52N4O4. The Balaban J connectivity index is 2.15. The average molecular weight is 557 g/mol. The molecule has 0 spiro atoms. The molecule has 0 aromatic heterocycles. The molecule has 224 valence electrons. The maximum absolute atomic E-state index is 13.8. The number of carbonyl (C=O) groups is 3. The average Bonchev–Trinajstić information content (AvgIpc) is 2.93. The molecule has 3 amide bonds. The lowest BCUT2D eigenvalue weighted by Crippen LogP contribution is -2.58. The summed E-state index contributed by atoms with van der Waals surface area (Å²) in [5.41, 5.74) is 1.50. The number of rotatable bonds is 13. The molecule has 1 heterocycles. The first kappa shape index (κ1) is 33.5. The van der Waals surface area contributed by atoms with E-state index in [9.17, 15) is 19.5 Å². The predicted molar refractivity (Wildman–Crippen MR) is 161 cm³/mol. The van der Waals surface area contributed by atoms with E-state index in [4.69, 9.17) is 0 Å². The van der Waals surface area contributed by atoms with Gasteiger partial charge in [-0.2, -0.15) is 0 Å². The van der Waals surface area contributed by atoms with Gasteiger partial charge in [0.05, 0.1) is 24.7 Å². The molecule has 1 aromatic rings. The van der Waals surface area contributed by atoms with Gasteiger partial charge in [-0.15, -0.1) is 0 Å². The smallest absolute Gasteiger partial charge is 0.246 e. The molecule has 1 aromatic carbocycles. The van der Waals surface area contributed by atoms with Crippen LogP contribution in [0.4, 0.5) is 0 Å². The highest BCUT2D eigenvalue weighted by molar-refractivity contribution is 5.93. The van der Waals surface area contributed by atoms with E-state index >= 15 is 0 Å². The van der Waals surface area contributed by atoms with E-state index in [1.807, 2.05) is 64.1 Å². The number of hydrogen-bond acceptors (Lipinski definition) is 5. The summed E-state index contributed by atoms with van der Waals surface area (Å²) in [5, 5.41) is 15.9. The third-order valence-electron chi connectivity index (χ3n) is 7.88. The van der Waals surface area contributed by atoms with Crippen molar-refractivity contribution in [2.24, 2.45) is 11.8 Å². The van der Waals surface area contributed by atoms with Gasteiger partial charge in [0.1, 0.15) is 6.04 Å². The number of likely N-dealkylation sites (tertiary alicyclic amines) is 1. The Hall–Kier alpha value is -2.71. The molecular weight excluding hydrogens is 504 g/mol. The molecule has 1 fully saturated rings. The van der Waals surface area contributed by atoms with E-state index in [-0.39, 0.29) is 54.3 Å². The van der Waals surface area contributed by atoms with E-state index in [1.54, 1.807) is 18.9 Å². The summed E-state index contributed by atoms with van der Waals surface area (Å²) in [5.74, 6) is -0.598. The molecule has 2 unspecified atom stereocenters. The lowest BCUT2D eigenvalue weighted by molar-refractivity contribution is -0.140. The Morgan fingerprint density at radius 2 is 1.68 bits per heavy atom. The summed E-state index contributed by atoms with van der Waals surface area (Å²) >= 11 is 0. The summed E-state index contributed by atoms with van der Waals surface area (Å²) in [7, 11) is 1.74. The molecule has 1 saturated heterocycles. The van der Waals surface area contributed by atoms with Crippen molar-refractivity contribution < 1.29 is 19.5 Å². The first-order chi connectivity index (χ1) is 18.9. The van der Waals surface area contributed by atoms with Crippen LogP contribution >= 0.6 is 0 Å². The van der Waals surface area contributed by atoms with E-state index in [2.05, 4.69) is 29.4 Å². The number of aliphatic hydroxyl groups is 1. The molecule has 8 nitrogen and oxygen atoms in total. The van der Waals surface area contributed by atoms with Crippen molar-refractivity contribution in [2.45, 2.75) is 104 Å². The standard InChI is InChI=1S/C32H52N4O4/c1-21(2)28(18-24(7)30(38)33-26(20-37)19-25-14-10-9-11-15-25)35(8)32(40)29(22(3)4)34-31(39)27-16-12-13-17-36(27)23(5)6/h9-11,14-15,18,21-23,26-29,37H,12-13,16-17,19-20H2,1-8H3,(H,33,38)(H,34,39)/t26?,27?,28-,29+/m1/s1. The fraction of sp³-hybridized carbons (Fsp3) is 0.656. The lowest BCUT2D eigenvalue weighted by Gasteiger charge is -2.39. The molecule has 4 atom stereocenters. The molecule has 1 aliphatic rings. The second-order valence-electron chi connectivity index (χ2n) is 12.1. The minimum Gasteiger partial charge on any atom is -0.394 e. The molecule has 3 N–H and O–H groups in total. The van der Waals surface area contributed by atoms with Crippen LogP contribution in [-0.2, 0) is 20.8 Å². The molecule has 0 bridgehead atoms. The van der Waals surface area contributed by atoms with Crippen LogP contribution in [0.3, 0.4) is 0 Å². The van der Waals surface area contributed by atoms with Crippen molar-refractivity contribution in [3.8, 4) is 0 Å². The van der Waals surface area contributed by atoms with Crippen molar-refractivity contribution in [1.82, 2.24) is 20.4 Å². The van der Waals surface area contributed by atoms with Gasteiger partial charge < -0.3 is 20.6 Å². The topological polar surface area (TPSA) is 102 Å². The zero-order valence-electron chi connectivity index (χ0n) is 25.8. The van der Waals surface area contributed by atoms with Gasteiger partial charge in [0, 0.05) is 18.7 Å². The molecule has 2 rings (SSSR count). The predicted octanol–water partition coefficient (Wildman–Crippen LogP) is 3.54. The van der Waals surface area contributed by atoms with Gasteiger partial charge in [0.15, 0.2) is 0 Å². The Labute approximate surface area is 241 Å². The number of aliphatic hydroxyl groups excluding tert-OH is 1. The van der Waals surface area contributed by atoms with E-state index < -0.39 is 12.1 Å². The summed E-state index contributed by atoms with van der Waals surface area (Å²) in [4.78, 5) is 44.1. The van der Waals surface area contributed by atoms with Gasteiger partial charge in [-0.05, 0) is 64.0 Å². The summed E-state index contributed by atoms with van der Waals surface area (Å²) in [6.45, 7) is 14.5. The third-order valence-corrected chi connectivity index (χ3v) is 7.88. The lowest BCUT2D eigenvalue weighted by atomic mass is 9.95. The van der Waals surface area contributed by atoms with Crippen LogP contribution in [0.1, 0.15) is 73.3 Å². The molecule has 0 aliphatic carbocycles. The van der Waals surface area contributed by atoms with Crippen LogP contribution in [0.5, 0.6) is 0 Å². The van der Waals surface area contributed by atoms with Crippen molar-refractivity contribution in [3.63, 3.8) is 0 Å². The SMILES string of the molecule is CC(=C[C@H](C(C)C)N(C)C(=O)[C@@H](NC(=O)C1CCCCN1C(C)C)C(C)C)C(=O)NC(CO)Cc1ccccc1. The maximum Gasteiger partial charge on any atom is 0.246 e. The van der Waals surface area contributed by atoms with Gasteiger partial charge in [-0.3, -0.25) is 19.3 Å². The number of likely N-dealkylation sites (N-methyl/N-ethyl adjacent to an activating group) is 1. The van der Waals surface area contributed by atoms with Crippen molar-refractivity contribution in [2.75, 3.05) is 20.2 Å². The van der Waals surface area contributed by atoms with Gasteiger partial charge in [0.25, 0.3) is 0 Å². The Kier molecular flexibility index (Phi) is 13.3.